The molecule has 0 radical (unpaired) electrons. The van der Waals surface area contributed by atoms with Crippen LogP contribution in [0.1, 0.15) is 61.3 Å². The molecule has 1 unspecified atom stereocenters. The number of hydrogen-bond donors (Lipinski definition) is 1. The smallest absolute Gasteiger partial charge is 0.0332 e. The second-order valence-corrected chi connectivity index (χ2v) is 6.98. The molecule has 1 saturated heterocycles. The van der Waals surface area contributed by atoms with Crippen LogP contribution in [-0.4, -0.2) is 35.6 Å². The van der Waals surface area contributed by atoms with Gasteiger partial charge in [-0.3, -0.25) is 4.90 Å². The van der Waals surface area contributed by atoms with Crippen molar-refractivity contribution in [1.29, 1.82) is 0 Å². The zero-order valence-electron chi connectivity index (χ0n) is 12.9. The van der Waals surface area contributed by atoms with Crippen LogP contribution < -0.4 is 5.32 Å². The highest BCUT2D eigenvalue weighted by molar-refractivity contribution is 5.01. The molecule has 0 bridgehead atoms. The third-order valence-electron chi connectivity index (χ3n) is 4.65. The lowest BCUT2D eigenvalue weighted by Crippen LogP contribution is -2.68. The Kier molecular flexibility index (Phi) is 4.65. The molecule has 0 aromatic carbocycles. The van der Waals surface area contributed by atoms with Gasteiger partial charge in [0.1, 0.15) is 0 Å². The van der Waals surface area contributed by atoms with Crippen LogP contribution >= 0.6 is 0 Å². The maximum absolute atomic E-state index is 3.80. The molecule has 1 N–H and O–H groups in total. The minimum atomic E-state index is 0.348. The van der Waals surface area contributed by atoms with Crippen molar-refractivity contribution in [3.05, 3.63) is 0 Å². The van der Waals surface area contributed by atoms with Crippen LogP contribution in [0.3, 0.4) is 0 Å². The molecule has 0 aromatic heterocycles. The summed E-state index contributed by atoms with van der Waals surface area (Å²) < 4.78 is 0. The number of piperazine rings is 1. The third kappa shape index (κ3) is 3.03. The van der Waals surface area contributed by atoms with Crippen molar-refractivity contribution in [1.82, 2.24) is 10.2 Å². The summed E-state index contributed by atoms with van der Waals surface area (Å²) in [6.45, 7) is 18.7. The van der Waals surface area contributed by atoms with Crippen molar-refractivity contribution in [2.45, 2.75) is 78.9 Å². The van der Waals surface area contributed by atoms with Crippen molar-refractivity contribution in [3.8, 4) is 0 Å². The summed E-state index contributed by atoms with van der Waals surface area (Å²) in [5.74, 6) is 0. The molecule has 0 aliphatic carbocycles. The van der Waals surface area contributed by atoms with Crippen LogP contribution in [0, 0.1) is 5.41 Å². The van der Waals surface area contributed by atoms with Gasteiger partial charge in [-0.15, -0.1) is 0 Å². The molecule has 1 fully saturated rings. The molecule has 1 heterocycles. The summed E-state index contributed by atoms with van der Waals surface area (Å²) in [7, 11) is 0. The normalized spacial score (nSPS) is 26.5. The molecule has 0 aromatic rings. The maximum Gasteiger partial charge on any atom is 0.0332 e. The average Bonchev–Trinajstić information content (AvgIpc) is 2.26. The van der Waals surface area contributed by atoms with E-state index in [1.165, 1.54) is 19.4 Å². The fourth-order valence-corrected chi connectivity index (χ4v) is 3.11. The molecule has 2 nitrogen and oxygen atoms in total. The topological polar surface area (TPSA) is 15.3 Å². The Morgan fingerprint density at radius 2 is 1.76 bits per heavy atom. The first kappa shape index (κ1) is 15.0. The van der Waals surface area contributed by atoms with E-state index in [2.05, 4.69) is 58.7 Å². The lowest BCUT2D eigenvalue weighted by atomic mass is 9.79. The Labute approximate surface area is 108 Å². The van der Waals surface area contributed by atoms with Crippen LogP contribution in [0.5, 0.6) is 0 Å². The Morgan fingerprint density at radius 1 is 1.24 bits per heavy atom. The Bertz CT molecular complexity index is 236. The average molecular weight is 240 g/mol. The van der Waals surface area contributed by atoms with Gasteiger partial charge >= 0.3 is 0 Å². The standard InChI is InChI=1S/C15H32N2/c1-8-15(9-2)11-16-13(14(5,6)7)10-17(15)12(3)4/h12-13,16H,8-11H2,1-7H3. The lowest BCUT2D eigenvalue weighted by molar-refractivity contribution is -0.0140. The van der Waals surface area contributed by atoms with Crippen molar-refractivity contribution in [2.24, 2.45) is 5.41 Å². The van der Waals surface area contributed by atoms with E-state index in [4.69, 9.17) is 0 Å². The second kappa shape index (κ2) is 5.27. The molecule has 1 rings (SSSR count). The van der Waals surface area contributed by atoms with Crippen molar-refractivity contribution in [2.75, 3.05) is 13.1 Å². The molecule has 102 valence electrons. The van der Waals surface area contributed by atoms with Crippen molar-refractivity contribution >= 4 is 0 Å². The highest BCUT2D eigenvalue weighted by Gasteiger charge is 2.42. The molecule has 0 spiro atoms. The summed E-state index contributed by atoms with van der Waals surface area (Å²) in [5, 5.41) is 3.80. The molecule has 1 atom stereocenters. The van der Waals surface area contributed by atoms with Crippen LogP contribution in [0.4, 0.5) is 0 Å². The molecule has 2 heteroatoms. The van der Waals surface area contributed by atoms with Gasteiger partial charge < -0.3 is 5.32 Å². The van der Waals surface area contributed by atoms with Gasteiger partial charge in [0, 0.05) is 30.7 Å². The molecular weight excluding hydrogens is 208 g/mol. The van der Waals surface area contributed by atoms with Gasteiger partial charge in [0.2, 0.25) is 0 Å². The van der Waals surface area contributed by atoms with E-state index in [1.807, 2.05) is 0 Å². The van der Waals surface area contributed by atoms with Crippen LogP contribution in [0.2, 0.25) is 0 Å². The molecule has 1 aliphatic heterocycles. The Hall–Kier alpha value is -0.0800. The largest absolute Gasteiger partial charge is 0.310 e. The SMILES string of the molecule is CCC1(CC)CNC(C(C)(C)C)CN1C(C)C. The number of nitrogens with zero attached hydrogens (tertiary/aromatic N) is 1. The highest BCUT2D eigenvalue weighted by atomic mass is 15.3. The predicted octanol–water partition coefficient (Wildman–Crippen LogP) is 3.27. The highest BCUT2D eigenvalue weighted by Crippen LogP contribution is 2.33. The Morgan fingerprint density at radius 3 is 2.12 bits per heavy atom. The van der Waals surface area contributed by atoms with Crippen LogP contribution in [0.15, 0.2) is 0 Å². The van der Waals surface area contributed by atoms with E-state index >= 15 is 0 Å². The molecule has 0 amide bonds. The third-order valence-corrected chi connectivity index (χ3v) is 4.65. The van der Waals surface area contributed by atoms with Gasteiger partial charge in [0.25, 0.3) is 0 Å². The molecular formula is C15H32N2. The summed E-state index contributed by atoms with van der Waals surface area (Å²) in [4.78, 5) is 2.74. The summed E-state index contributed by atoms with van der Waals surface area (Å²) in [6, 6.07) is 1.25. The minimum absolute atomic E-state index is 0.348. The predicted molar refractivity (Wildman–Crippen MR) is 76.4 cm³/mol. The van der Waals surface area contributed by atoms with E-state index in [9.17, 15) is 0 Å². The van der Waals surface area contributed by atoms with Crippen LogP contribution in [0.25, 0.3) is 0 Å². The zero-order chi connectivity index (χ0) is 13.3. The summed E-state index contributed by atoms with van der Waals surface area (Å²) in [5.41, 5.74) is 0.719. The fraction of sp³-hybridized carbons (Fsp3) is 1.00. The maximum atomic E-state index is 3.80. The van der Waals surface area contributed by atoms with Gasteiger partial charge in [0.15, 0.2) is 0 Å². The molecule has 17 heavy (non-hydrogen) atoms. The minimum Gasteiger partial charge on any atom is -0.310 e. The van der Waals surface area contributed by atoms with Gasteiger partial charge in [0.05, 0.1) is 0 Å². The first-order valence-electron chi connectivity index (χ1n) is 7.27. The van der Waals surface area contributed by atoms with E-state index in [-0.39, 0.29) is 0 Å². The first-order valence-corrected chi connectivity index (χ1v) is 7.27. The zero-order valence-corrected chi connectivity index (χ0v) is 12.9. The number of hydrogen-bond acceptors (Lipinski definition) is 2. The van der Waals surface area contributed by atoms with E-state index in [1.54, 1.807) is 0 Å². The molecule has 1 aliphatic rings. The van der Waals surface area contributed by atoms with Gasteiger partial charge in [-0.25, -0.2) is 0 Å². The second-order valence-electron chi connectivity index (χ2n) is 6.98. The van der Waals surface area contributed by atoms with E-state index in [0.717, 1.165) is 6.54 Å². The monoisotopic (exact) mass is 240 g/mol. The number of rotatable bonds is 3. The van der Waals surface area contributed by atoms with E-state index < -0.39 is 0 Å². The molecule has 0 saturated carbocycles. The quantitative estimate of drug-likeness (QED) is 0.814. The summed E-state index contributed by atoms with van der Waals surface area (Å²) in [6.07, 6.45) is 2.48. The van der Waals surface area contributed by atoms with Gasteiger partial charge in [-0.05, 0) is 32.1 Å². The van der Waals surface area contributed by atoms with Gasteiger partial charge in [-0.1, -0.05) is 34.6 Å². The van der Waals surface area contributed by atoms with Crippen molar-refractivity contribution < 1.29 is 0 Å². The Balaban J connectivity index is 2.89. The van der Waals surface area contributed by atoms with Gasteiger partial charge in [-0.2, -0.15) is 0 Å². The van der Waals surface area contributed by atoms with Crippen LogP contribution in [-0.2, 0) is 0 Å². The lowest BCUT2D eigenvalue weighted by Gasteiger charge is -2.54. The number of nitrogens with one attached hydrogen (secondary N) is 1. The van der Waals surface area contributed by atoms with E-state index in [0.29, 0.717) is 23.0 Å². The van der Waals surface area contributed by atoms with Crippen molar-refractivity contribution in [3.63, 3.8) is 0 Å². The summed E-state index contributed by atoms with van der Waals surface area (Å²) >= 11 is 0. The fourth-order valence-electron chi connectivity index (χ4n) is 3.11. The first-order chi connectivity index (χ1) is 7.77.